The average molecular weight is 491 g/mol. The van der Waals surface area contributed by atoms with Crippen LogP contribution in [0, 0.1) is 0 Å². The molecule has 1 aliphatic rings. The lowest BCUT2D eigenvalue weighted by Gasteiger charge is -2.35. The van der Waals surface area contributed by atoms with Gasteiger partial charge >= 0.3 is 5.97 Å². The van der Waals surface area contributed by atoms with Gasteiger partial charge in [0.1, 0.15) is 5.82 Å². The van der Waals surface area contributed by atoms with Crippen molar-refractivity contribution in [2.45, 2.75) is 17.5 Å². The molecule has 0 atom stereocenters. The van der Waals surface area contributed by atoms with E-state index in [1.54, 1.807) is 25.3 Å². The van der Waals surface area contributed by atoms with E-state index >= 15 is 0 Å². The molecule has 35 heavy (non-hydrogen) atoms. The monoisotopic (exact) mass is 490 g/mol. The number of rotatable bonds is 10. The van der Waals surface area contributed by atoms with Crippen LogP contribution in [0.1, 0.15) is 27.2 Å². The third kappa shape index (κ3) is 7.39. The molecule has 7 nitrogen and oxygen atoms in total. The number of thioether (sulfide) groups is 1. The fourth-order valence-electron chi connectivity index (χ4n) is 3.91. The van der Waals surface area contributed by atoms with E-state index in [0.29, 0.717) is 17.5 Å². The maximum atomic E-state index is 11.3. The Kier molecular flexibility index (Phi) is 8.89. The molecule has 8 heteroatoms. The highest BCUT2D eigenvalue weighted by atomic mass is 32.2. The minimum atomic E-state index is -0.924. The predicted octanol–water partition coefficient (Wildman–Crippen LogP) is 4.45. The molecule has 0 radical (unpaired) electrons. The number of aromatic nitrogens is 2. The van der Waals surface area contributed by atoms with Gasteiger partial charge in [0.05, 0.1) is 17.9 Å². The van der Waals surface area contributed by atoms with E-state index in [0.717, 1.165) is 49.8 Å². The Hall–Kier alpha value is -3.20. The minimum absolute atomic E-state index is 0.286. The molecular weight excluding hydrogens is 460 g/mol. The summed E-state index contributed by atoms with van der Waals surface area (Å²) in [5.74, 6) is 0.582. The number of hydrogen-bond acceptors (Lipinski definition) is 7. The SMILES string of the molecule is COCc1cc(N2CCN(C/C=C/c3ccccc3)CC2)nc(SCc2cccc(C(=O)O)c2)n1. The van der Waals surface area contributed by atoms with Gasteiger partial charge in [-0.1, -0.05) is 66.4 Å². The van der Waals surface area contributed by atoms with Crippen molar-refractivity contribution in [1.82, 2.24) is 14.9 Å². The topological polar surface area (TPSA) is 78.8 Å². The number of methoxy groups -OCH3 is 1. The Bertz CT molecular complexity index is 1150. The third-order valence-electron chi connectivity index (χ3n) is 5.75. The second-order valence-electron chi connectivity index (χ2n) is 8.33. The first-order valence-electron chi connectivity index (χ1n) is 11.6. The Balaban J connectivity index is 1.37. The van der Waals surface area contributed by atoms with E-state index in [1.807, 2.05) is 18.2 Å². The molecule has 1 fully saturated rings. The van der Waals surface area contributed by atoms with Gasteiger partial charge in [-0.3, -0.25) is 4.90 Å². The van der Waals surface area contributed by atoms with E-state index < -0.39 is 5.97 Å². The highest BCUT2D eigenvalue weighted by molar-refractivity contribution is 7.98. The van der Waals surface area contributed by atoms with Crippen molar-refractivity contribution < 1.29 is 14.6 Å². The largest absolute Gasteiger partial charge is 0.478 e. The number of carboxylic acids is 1. The Labute approximate surface area is 210 Å². The zero-order valence-corrected chi connectivity index (χ0v) is 20.7. The number of hydrogen-bond donors (Lipinski definition) is 1. The minimum Gasteiger partial charge on any atom is -0.478 e. The quantitative estimate of drug-likeness (QED) is 0.330. The van der Waals surface area contributed by atoms with Crippen LogP contribution in [-0.4, -0.2) is 65.8 Å². The average Bonchev–Trinajstić information content (AvgIpc) is 2.89. The summed E-state index contributed by atoms with van der Waals surface area (Å²) >= 11 is 1.50. The summed E-state index contributed by atoms with van der Waals surface area (Å²) in [6.07, 6.45) is 4.39. The van der Waals surface area contributed by atoms with Gasteiger partial charge in [0.15, 0.2) is 5.16 Å². The molecule has 1 N–H and O–H groups in total. The third-order valence-corrected chi connectivity index (χ3v) is 6.67. The molecule has 0 unspecified atom stereocenters. The van der Waals surface area contributed by atoms with Gasteiger partial charge < -0.3 is 14.7 Å². The first-order chi connectivity index (χ1) is 17.1. The Morgan fingerprint density at radius 3 is 2.60 bits per heavy atom. The number of aromatic carboxylic acids is 1. The van der Waals surface area contributed by atoms with E-state index in [2.05, 4.69) is 51.2 Å². The van der Waals surface area contributed by atoms with Crippen LogP contribution in [0.5, 0.6) is 0 Å². The van der Waals surface area contributed by atoms with E-state index in [1.165, 1.54) is 17.3 Å². The summed E-state index contributed by atoms with van der Waals surface area (Å²) in [4.78, 5) is 25.4. The summed E-state index contributed by atoms with van der Waals surface area (Å²) in [5, 5.41) is 9.90. The van der Waals surface area contributed by atoms with Crippen LogP contribution >= 0.6 is 11.8 Å². The first kappa shape index (κ1) is 24.9. The molecule has 2 aromatic carbocycles. The molecular formula is C27H30N4O3S. The summed E-state index contributed by atoms with van der Waals surface area (Å²) in [7, 11) is 1.66. The summed E-state index contributed by atoms with van der Waals surface area (Å²) in [6.45, 7) is 5.07. The maximum absolute atomic E-state index is 11.3. The molecule has 1 aliphatic heterocycles. The summed E-state index contributed by atoms with van der Waals surface area (Å²) < 4.78 is 5.33. The van der Waals surface area contributed by atoms with Crippen molar-refractivity contribution in [2.75, 3.05) is 44.7 Å². The molecule has 3 aromatic rings. The number of carbonyl (C=O) groups is 1. The van der Waals surface area contributed by atoms with Crippen molar-refractivity contribution in [3.63, 3.8) is 0 Å². The van der Waals surface area contributed by atoms with Gasteiger partial charge in [0.25, 0.3) is 0 Å². The molecule has 0 amide bonds. The highest BCUT2D eigenvalue weighted by Crippen LogP contribution is 2.24. The van der Waals surface area contributed by atoms with Crippen molar-refractivity contribution in [1.29, 1.82) is 0 Å². The summed E-state index contributed by atoms with van der Waals surface area (Å²) in [6, 6.07) is 19.3. The molecule has 0 saturated carbocycles. The number of benzene rings is 2. The van der Waals surface area contributed by atoms with Crippen LogP contribution in [0.25, 0.3) is 6.08 Å². The molecule has 182 valence electrons. The lowest BCUT2D eigenvalue weighted by atomic mass is 10.1. The lowest BCUT2D eigenvalue weighted by Crippen LogP contribution is -2.46. The number of carboxylic acid groups (broad SMARTS) is 1. The number of nitrogens with zero attached hydrogens (tertiary/aromatic N) is 4. The molecule has 4 rings (SSSR count). The Morgan fingerprint density at radius 1 is 1.06 bits per heavy atom. The maximum Gasteiger partial charge on any atom is 0.335 e. The van der Waals surface area contributed by atoms with Crippen molar-refractivity contribution in [3.05, 3.63) is 89.1 Å². The second kappa shape index (κ2) is 12.5. The predicted molar refractivity (Wildman–Crippen MR) is 140 cm³/mol. The van der Waals surface area contributed by atoms with Crippen LogP contribution in [0.2, 0.25) is 0 Å². The first-order valence-corrected chi connectivity index (χ1v) is 12.6. The molecule has 0 bridgehead atoms. The summed E-state index contributed by atoms with van der Waals surface area (Å²) in [5.41, 5.74) is 3.27. The van der Waals surface area contributed by atoms with Gasteiger partial charge in [-0.2, -0.15) is 0 Å². The van der Waals surface area contributed by atoms with Crippen molar-refractivity contribution >= 4 is 29.6 Å². The number of piperazine rings is 1. The fourth-order valence-corrected chi connectivity index (χ4v) is 4.73. The zero-order valence-electron chi connectivity index (χ0n) is 19.8. The lowest BCUT2D eigenvalue weighted by molar-refractivity contribution is 0.0696. The number of ether oxygens (including phenoxy) is 1. The Morgan fingerprint density at radius 2 is 1.86 bits per heavy atom. The molecule has 0 aliphatic carbocycles. The van der Waals surface area contributed by atoms with Gasteiger partial charge in [0, 0.05) is 51.7 Å². The van der Waals surface area contributed by atoms with E-state index in [4.69, 9.17) is 9.72 Å². The fraction of sp³-hybridized carbons (Fsp3) is 0.296. The van der Waals surface area contributed by atoms with Crippen LogP contribution in [0.4, 0.5) is 5.82 Å². The normalized spacial score (nSPS) is 14.5. The van der Waals surface area contributed by atoms with Crippen LogP contribution in [0.15, 0.2) is 71.9 Å². The second-order valence-corrected chi connectivity index (χ2v) is 9.27. The highest BCUT2D eigenvalue weighted by Gasteiger charge is 2.19. The molecule has 1 saturated heterocycles. The number of anilines is 1. The van der Waals surface area contributed by atoms with E-state index in [9.17, 15) is 9.90 Å². The molecule has 2 heterocycles. The smallest absolute Gasteiger partial charge is 0.335 e. The van der Waals surface area contributed by atoms with Gasteiger partial charge in [-0.05, 0) is 23.3 Å². The van der Waals surface area contributed by atoms with Gasteiger partial charge in [-0.25, -0.2) is 14.8 Å². The van der Waals surface area contributed by atoms with Crippen LogP contribution < -0.4 is 4.90 Å². The van der Waals surface area contributed by atoms with E-state index in [-0.39, 0.29) is 5.56 Å². The van der Waals surface area contributed by atoms with Crippen molar-refractivity contribution in [2.24, 2.45) is 0 Å². The van der Waals surface area contributed by atoms with Crippen LogP contribution in [0.3, 0.4) is 0 Å². The standard InChI is InChI=1S/C27H30N4O3S/c1-34-19-24-18-25(29-27(28-24)35-20-22-9-5-11-23(17-22)26(32)33)31-15-13-30(14-16-31)12-6-10-21-7-3-2-4-8-21/h2-11,17-18H,12-16,19-20H2,1H3,(H,32,33)/b10-6+. The zero-order chi connectivity index (χ0) is 24.5. The van der Waals surface area contributed by atoms with Gasteiger partial charge in [0.2, 0.25) is 0 Å². The van der Waals surface area contributed by atoms with Crippen molar-refractivity contribution in [3.8, 4) is 0 Å². The van der Waals surface area contributed by atoms with Gasteiger partial charge in [-0.15, -0.1) is 0 Å². The molecule has 1 aromatic heterocycles. The molecule has 0 spiro atoms. The van der Waals surface area contributed by atoms with Crippen LogP contribution in [-0.2, 0) is 17.1 Å².